The minimum Gasteiger partial charge on any atom is -0.221 e. The molecule has 12 heavy (non-hydrogen) atoms. The van der Waals surface area contributed by atoms with Gasteiger partial charge in [0.1, 0.15) is 0 Å². The zero-order valence-electron chi connectivity index (χ0n) is 8.50. The first kappa shape index (κ1) is 9.44. The molecule has 0 amide bonds. The zero-order chi connectivity index (χ0) is 9.35. The van der Waals surface area contributed by atoms with E-state index in [0.29, 0.717) is 5.92 Å². The number of rotatable bonds is 2. The van der Waals surface area contributed by atoms with Crippen LogP contribution in [0, 0.1) is 0 Å². The second-order valence-electron chi connectivity index (χ2n) is 4.38. The molecule has 1 heterocycles. The van der Waals surface area contributed by atoms with E-state index >= 15 is 0 Å². The summed E-state index contributed by atoms with van der Waals surface area (Å²) in [6.45, 7) is 11.0. The molecule has 0 spiro atoms. The van der Waals surface area contributed by atoms with E-state index < -0.39 is 8.24 Å². The highest BCUT2D eigenvalue weighted by Gasteiger charge is 2.19. The minimum absolute atomic E-state index is 0.482. The van der Waals surface area contributed by atoms with Gasteiger partial charge in [-0.05, 0) is 25.6 Å². The van der Waals surface area contributed by atoms with Crippen LogP contribution in [0.3, 0.4) is 0 Å². The molecule has 0 atom stereocenters. The first-order chi connectivity index (χ1) is 5.41. The smallest absolute Gasteiger partial charge is 0.202 e. The summed E-state index contributed by atoms with van der Waals surface area (Å²) in [6, 6.07) is 0. The molecule has 0 unspecified atom stereocenters. The van der Waals surface area contributed by atoms with Crippen molar-refractivity contribution in [3.05, 3.63) is 11.9 Å². The van der Waals surface area contributed by atoms with Gasteiger partial charge in [0.15, 0.2) is 0 Å². The van der Waals surface area contributed by atoms with Crippen LogP contribution in [-0.4, -0.2) is 22.9 Å². The standard InChI is InChI=1S/C8H17N3Si/c1-7(2)8-6-9-11(10-8)12(3,4)5/h6-7H,1-5H3. The van der Waals surface area contributed by atoms with Crippen molar-refractivity contribution >= 4 is 8.24 Å². The molecule has 1 aromatic heterocycles. The van der Waals surface area contributed by atoms with Crippen molar-refractivity contribution in [1.82, 2.24) is 14.7 Å². The summed E-state index contributed by atoms with van der Waals surface area (Å²) in [6.07, 6.45) is 1.88. The van der Waals surface area contributed by atoms with Gasteiger partial charge in [0.2, 0.25) is 8.24 Å². The third-order valence-electron chi connectivity index (χ3n) is 1.70. The lowest BCUT2D eigenvalue weighted by molar-refractivity contribution is 0.750. The number of nitrogens with zero attached hydrogens (tertiary/aromatic N) is 3. The largest absolute Gasteiger partial charge is 0.221 e. The third-order valence-corrected chi connectivity index (χ3v) is 3.12. The highest BCUT2D eigenvalue weighted by molar-refractivity contribution is 6.73. The van der Waals surface area contributed by atoms with Gasteiger partial charge in [-0.15, -0.1) is 0 Å². The summed E-state index contributed by atoms with van der Waals surface area (Å²) in [4.78, 5) is 0. The van der Waals surface area contributed by atoms with E-state index in [1.54, 1.807) is 0 Å². The maximum absolute atomic E-state index is 4.45. The lowest BCUT2D eigenvalue weighted by Gasteiger charge is -2.13. The molecule has 68 valence electrons. The second-order valence-corrected chi connectivity index (χ2v) is 9.13. The quantitative estimate of drug-likeness (QED) is 0.657. The number of hydrogen-bond acceptors (Lipinski definition) is 2. The van der Waals surface area contributed by atoms with Crippen molar-refractivity contribution in [3.8, 4) is 0 Å². The lowest BCUT2D eigenvalue weighted by Crippen LogP contribution is -2.34. The Morgan fingerprint density at radius 3 is 2.17 bits per heavy atom. The Hall–Kier alpha value is -0.643. The normalized spacial score (nSPS) is 12.5. The van der Waals surface area contributed by atoms with Gasteiger partial charge in [0, 0.05) is 0 Å². The maximum atomic E-state index is 4.45. The number of aromatic nitrogens is 3. The Labute approximate surface area is 74.9 Å². The monoisotopic (exact) mass is 183 g/mol. The Morgan fingerprint density at radius 1 is 1.33 bits per heavy atom. The summed E-state index contributed by atoms with van der Waals surface area (Å²) in [5, 5.41) is 8.72. The van der Waals surface area contributed by atoms with Crippen molar-refractivity contribution in [2.75, 3.05) is 0 Å². The van der Waals surface area contributed by atoms with Gasteiger partial charge in [0.05, 0.1) is 11.9 Å². The molecule has 0 aliphatic heterocycles. The Kier molecular flexibility index (Phi) is 2.37. The van der Waals surface area contributed by atoms with Crippen molar-refractivity contribution in [2.24, 2.45) is 0 Å². The molecule has 0 saturated carbocycles. The molecular formula is C8H17N3Si. The first-order valence-electron chi connectivity index (χ1n) is 4.34. The van der Waals surface area contributed by atoms with Crippen molar-refractivity contribution < 1.29 is 0 Å². The third kappa shape index (κ3) is 1.94. The highest BCUT2D eigenvalue weighted by atomic mass is 28.3. The molecular weight excluding hydrogens is 166 g/mol. The summed E-state index contributed by atoms with van der Waals surface area (Å²) >= 11 is 0. The van der Waals surface area contributed by atoms with Crippen LogP contribution in [0.15, 0.2) is 6.20 Å². The summed E-state index contributed by atoms with van der Waals surface area (Å²) < 4.78 is 1.91. The first-order valence-corrected chi connectivity index (χ1v) is 7.78. The topological polar surface area (TPSA) is 30.7 Å². The molecule has 0 bridgehead atoms. The summed E-state index contributed by atoms with van der Waals surface area (Å²) in [5.74, 6) is 0.482. The average molecular weight is 183 g/mol. The molecule has 0 fully saturated rings. The Bertz CT molecular complexity index is 260. The van der Waals surface area contributed by atoms with Gasteiger partial charge >= 0.3 is 0 Å². The van der Waals surface area contributed by atoms with E-state index in [1.807, 2.05) is 10.7 Å². The van der Waals surface area contributed by atoms with Gasteiger partial charge in [-0.25, -0.2) is 4.46 Å². The molecule has 4 heteroatoms. The minimum atomic E-state index is -1.36. The summed E-state index contributed by atoms with van der Waals surface area (Å²) in [7, 11) is -1.36. The number of hydrogen-bond donors (Lipinski definition) is 0. The van der Waals surface area contributed by atoms with Crippen LogP contribution < -0.4 is 0 Å². The van der Waals surface area contributed by atoms with Crippen molar-refractivity contribution in [2.45, 2.75) is 39.4 Å². The molecule has 0 saturated heterocycles. The van der Waals surface area contributed by atoms with Crippen molar-refractivity contribution in [3.63, 3.8) is 0 Å². The molecule has 0 aromatic carbocycles. The lowest BCUT2D eigenvalue weighted by atomic mass is 10.2. The molecule has 0 aliphatic carbocycles. The SMILES string of the molecule is CC(C)c1cnn([Si](C)(C)C)n1. The van der Waals surface area contributed by atoms with E-state index in [1.165, 1.54) is 0 Å². The Balaban J connectivity index is 2.92. The second kappa shape index (κ2) is 3.01. The molecule has 1 rings (SSSR count). The fourth-order valence-corrected chi connectivity index (χ4v) is 1.68. The van der Waals surface area contributed by atoms with Gasteiger partial charge in [-0.1, -0.05) is 13.8 Å². The van der Waals surface area contributed by atoms with Gasteiger partial charge in [-0.3, -0.25) is 0 Å². The van der Waals surface area contributed by atoms with Crippen LogP contribution in [0.1, 0.15) is 25.5 Å². The van der Waals surface area contributed by atoms with Gasteiger partial charge in [0.25, 0.3) is 0 Å². The molecule has 0 N–H and O–H groups in total. The van der Waals surface area contributed by atoms with E-state index in [-0.39, 0.29) is 0 Å². The van der Waals surface area contributed by atoms with Crippen LogP contribution in [0.5, 0.6) is 0 Å². The van der Waals surface area contributed by atoms with E-state index in [9.17, 15) is 0 Å². The average Bonchev–Trinajstić information content (AvgIpc) is 2.30. The van der Waals surface area contributed by atoms with Gasteiger partial charge < -0.3 is 0 Å². The highest BCUT2D eigenvalue weighted by Crippen LogP contribution is 2.11. The van der Waals surface area contributed by atoms with Crippen LogP contribution in [-0.2, 0) is 0 Å². The van der Waals surface area contributed by atoms with Gasteiger partial charge in [-0.2, -0.15) is 10.2 Å². The van der Waals surface area contributed by atoms with E-state index in [4.69, 9.17) is 0 Å². The molecule has 3 nitrogen and oxygen atoms in total. The van der Waals surface area contributed by atoms with Crippen LogP contribution in [0.4, 0.5) is 0 Å². The maximum Gasteiger partial charge on any atom is 0.202 e. The van der Waals surface area contributed by atoms with E-state index in [2.05, 4.69) is 43.7 Å². The summed E-state index contributed by atoms with van der Waals surface area (Å²) in [5.41, 5.74) is 1.09. The van der Waals surface area contributed by atoms with Crippen LogP contribution >= 0.6 is 0 Å². The van der Waals surface area contributed by atoms with Crippen molar-refractivity contribution in [1.29, 1.82) is 0 Å². The molecule has 0 radical (unpaired) electrons. The zero-order valence-corrected chi connectivity index (χ0v) is 9.50. The van der Waals surface area contributed by atoms with Crippen LogP contribution in [0.25, 0.3) is 0 Å². The Morgan fingerprint density at radius 2 is 1.92 bits per heavy atom. The molecule has 1 aromatic rings. The molecule has 0 aliphatic rings. The predicted molar refractivity (Wildman–Crippen MR) is 52.9 cm³/mol. The van der Waals surface area contributed by atoms with Crippen LogP contribution in [0.2, 0.25) is 19.6 Å². The fraction of sp³-hybridized carbons (Fsp3) is 0.750. The van der Waals surface area contributed by atoms with E-state index in [0.717, 1.165) is 5.69 Å². The predicted octanol–water partition coefficient (Wildman–Crippen LogP) is 2.08. The fourth-order valence-electron chi connectivity index (χ4n) is 0.863.